The summed E-state index contributed by atoms with van der Waals surface area (Å²) in [7, 11) is 1.63. The highest BCUT2D eigenvalue weighted by molar-refractivity contribution is 5.94. The van der Waals surface area contributed by atoms with Crippen LogP contribution in [0.25, 0.3) is 10.8 Å². The Bertz CT molecular complexity index is 928. The van der Waals surface area contributed by atoms with Crippen LogP contribution in [0.3, 0.4) is 0 Å². The maximum atomic E-state index is 11.0. The fraction of sp³-hybridized carbons (Fsp3) is 0.0500. The van der Waals surface area contributed by atoms with Crippen LogP contribution in [0.1, 0.15) is 21.5 Å². The van der Waals surface area contributed by atoms with Crippen LogP contribution in [0.5, 0.6) is 5.75 Å². The van der Waals surface area contributed by atoms with E-state index in [1.165, 1.54) is 0 Å². The molecule has 0 aliphatic rings. The molecule has 0 fully saturated rings. The summed E-state index contributed by atoms with van der Waals surface area (Å²) < 4.78 is 5.12. The van der Waals surface area contributed by atoms with Gasteiger partial charge in [-0.15, -0.1) is 0 Å². The molecule has 3 heteroatoms. The Balaban J connectivity index is 1.90. The number of carbonyl (C=O) groups is 1. The first-order valence-electron chi connectivity index (χ1n) is 7.09. The summed E-state index contributed by atoms with van der Waals surface area (Å²) in [5.74, 6) is 6.11. The van der Waals surface area contributed by atoms with Crippen molar-refractivity contribution in [3.63, 3.8) is 0 Å². The molecule has 0 spiro atoms. The van der Waals surface area contributed by atoms with E-state index in [-0.39, 0.29) is 5.56 Å². The van der Waals surface area contributed by atoms with Gasteiger partial charge in [0.2, 0.25) is 0 Å². The number of benzene rings is 3. The van der Waals surface area contributed by atoms with Crippen molar-refractivity contribution < 1.29 is 14.6 Å². The molecule has 3 aromatic rings. The van der Waals surface area contributed by atoms with E-state index in [1.54, 1.807) is 25.3 Å². The van der Waals surface area contributed by atoms with Gasteiger partial charge in [0.05, 0.1) is 12.7 Å². The van der Waals surface area contributed by atoms with Gasteiger partial charge in [-0.25, -0.2) is 4.79 Å². The van der Waals surface area contributed by atoms with Crippen molar-refractivity contribution in [2.24, 2.45) is 0 Å². The number of aromatic carboxylic acids is 1. The number of hydrogen-bond donors (Lipinski definition) is 1. The lowest BCUT2D eigenvalue weighted by Crippen LogP contribution is -1.95. The molecule has 23 heavy (non-hydrogen) atoms. The highest BCUT2D eigenvalue weighted by Crippen LogP contribution is 2.18. The van der Waals surface area contributed by atoms with Gasteiger partial charge in [-0.3, -0.25) is 0 Å². The Morgan fingerprint density at radius 3 is 2.17 bits per heavy atom. The minimum Gasteiger partial charge on any atom is -0.497 e. The molecule has 0 radical (unpaired) electrons. The largest absolute Gasteiger partial charge is 0.497 e. The van der Waals surface area contributed by atoms with E-state index >= 15 is 0 Å². The van der Waals surface area contributed by atoms with Crippen LogP contribution in [0.15, 0.2) is 60.7 Å². The lowest BCUT2D eigenvalue weighted by Gasteiger charge is -2.01. The molecule has 0 aromatic heterocycles. The van der Waals surface area contributed by atoms with Crippen LogP contribution in [-0.4, -0.2) is 18.2 Å². The van der Waals surface area contributed by atoms with E-state index in [2.05, 4.69) is 11.8 Å². The second kappa shape index (κ2) is 6.25. The van der Waals surface area contributed by atoms with Crippen LogP contribution in [0.4, 0.5) is 0 Å². The van der Waals surface area contributed by atoms with Crippen LogP contribution < -0.4 is 4.74 Å². The van der Waals surface area contributed by atoms with Crippen molar-refractivity contribution in [2.45, 2.75) is 0 Å². The molecule has 0 aliphatic heterocycles. The normalized spacial score (nSPS) is 9.96. The molecule has 0 saturated heterocycles. The van der Waals surface area contributed by atoms with Gasteiger partial charge in [0.15, 0.2) is 0 Å². The van der Waals surface area contributed by atoms with E-state index in [4.69, 9.17) is 9.84 Å². The highest BCUT2D eigenvalue weighted by atomic mass is 16.5. The molecular weight excluding hydrogens is 288 g/mol. The van der Waals surface area contributed by atoms with E-state index in [9.17, 15) is 4.79 Å². The van der Waals surface area contributed by atoms with Gasteiger partial charge in [0, 0.05) is 11.1 Å². The predicted molar refractivity (Wildman–Crippen MR) is 89.9 cm³/mol. The third kappa shape index (κ3) is 3.33. The number of carboxylic acid groups (broad SMARTS) is 1. The van der Waals surface area contributed by atoms with Gasteiger partial charge >= 0.3 is 5.97 Å². The van der Waals surface area contributed by atoms with Crippen molar-refractivity contribution in [1.82, 2.24) is 0 Å². The first-order chi connectivity index (χ1) is 11.2. The standard InChI is InChI=1S/C20H14O3/c1-23-19-10-5-14(6-11-19)2-3-15-4-7-17-13-18(20(21)22)9-8-16(17)12-15/h4-13H,1H3,(H,21,22). The summed E-state index contributed by atoms with van der Waals surface area (Å²) >= 11 is 0. The number of fused-ring (bicyclic) bond motifs is 1. The third-order valence-corrected chi connectivity index (χ3v) is 3.53. The molecule has 0 unspecified atom stereocenters. The zero-order valence-corrected chi connectivity index (χ0v) is 12.5. The highest BCUT2D eigenvalue weighted by Gasteiger charge is 2.03. The lowest BCUT2D eigenvalue weighted by molar-refractivity contribution is 0.0697. The second-order valence-corrected chi connectivity index (χ2v) is 5.06. The Labute approximate surface area is 134 Å². The lowest BCUT2D eigenvalue weighted by atomic mass is 10.0. The molecule has 0 atom stereocenters. The molecular formula is C20H14O3. The zero-order chi connectivity index (χ0) is 16.2. The van der Waals surface area contributed by atoms with E-state index in [0.717, 1.165) is 27.6 Å². The van der Waals surface area contributed by atoms with Crippen molar-refractivity contribution in [3.8, 4) is 17.6 Å². The van der Waals surface area contributed by atoms with Gasteiger partial charge in [-0.2, -0.15) is 0 Å². The number of rotatable bonds is 2. The average Bonchev–Trinajstić information content (AvgIpc) is 2.59. The Kier molecular flexibility index (Phi) is 3.99. The predicted octanol–water partition coefficient (Wildman–Crippen LogP) is 3.95. The molecule has 1 N–H and O–H groups in total. The summed E-state index contributed by atoms with van der Waals surface area (Å²) in [4.78, 5) is 11.0. The number of hydrogen-bond acceptors (Lipinski definition) is 2. The van der Waals surface area contributed by atoms with Crippen LogP contribution in [0, 0.1) is 11.8 Å². The van der Waals surface area contributed by atoms with Crippen molar-refractivity contribution in [1.29, 1.82) is 0 Å². The fourth-order valence-electron chi connectivity index (χ4n) is 2.28. The molecule has 0 bridgehead atoms. The van der Waals surface area contributed by atoms with Gasteiger partial charge < -0.3 is 9.84 Å². The summed E-state index contributed by atoms with van der Waals surface area (Å²) in [5.41, 5.74) is 2.08. The maximum Gasteiger partial charge on any atom is 0.335 e. The van der Waals surface area contributed by atoms with Gasteiger partial charge in [-0.1, -0.05) is 24.0 Å². The fourth-order valence-corrected chi connectivity index (χ4v) is 2.28. The van der Waals surface area contributed by atoms with Gasteiger partial charge in [0.1, 0.15) is 5.75 Å². The smallest absolute Gasteiger partial charge is 0.335 e. The first-order valence-corrected chi connectivity index (χ1v) is 7.09. The molecule has 0 saturated carbocycles. The molecule has 0 amide bonds. The van der Waals surface area contributed by atoms with Gasteiger partial charge in [0.25, 0.3) is 0 Å². The number of carboxylic acids is 1. The van der Waals surface area contributed by atoms with E-state index in [0.29, 0.717) is 0 Å². The Hall–Kier alpha value is -3.25. The molecule has 3 rings (SSSR count). The zero-order valence-electron chi connectivity index (χ0n) is 12.5. The monoisotopic (exact) mass is 302 g/mol. The first kappa shape index (κ1) is 14.7. The van der Waals surface area contributed by atoms with Crippen LogP contribution >= 0.6 is 0 Å². The van der Waals surface area contributed by atoms with E-state index < -0.39 is 5.97 Å². The molecule has 0 heterocycles. The molecule has 0 aliphatic carbocycles. The van der Waals surface area contributed by atoms with E-state index in [1.807, 2.05) is 42.5 Å². The van der Waals surface area contributed by atoms with Crippen LogP contribution in [-0.2, 0) is 0 Å². The average molecular weight is 302 g/mol. The van der Waals surface area contributed by atoms with Crippen molar-refractivity contribution >= 4 is 16.7 Å². The Morgan fingerprint density at radius 1 is 0.870 bits per heavy atom. The summed E-state index contributed by atoms with van der Waals surface area (Å²) in [6.07, 6.45) is 0. The second-order valence-electron chi connectivity index (χ2n) is 5.06. The third-order valence-electron chi connectivity index (χ3n) is 3.53. The summed E-state index contributed by atoms with van der Waals surface area (Å²) in [6, 6.07) is 18.4. The van der Waals surface area contributed by atoms with Crippen molar-refractivity contribution in [3.05, 3.63) is 77.4 Å². The van der Waals surface area contributed by atoms with Crippen molar-refractivity contribution in [2.75, 3.05) is 7.11 Å². The maximum absolute atomic E-state index is 11.0. The molecule has 112 valence electrons. The molecule has 3 nitrogen and oxygen atoms in total. The summed E-state index contributed by atoms with van der Waals surface area (Å²) in [5, 5.41) is 10.9. The number of ether oxygens (including phenoxy) is 1. The minimum atomic E-state index is -0.921. The Morgan fingerprint density at radius 2 is 1.48 bits per heavy atom. The molecule has 3 aromatic carbocycles. The van der Waals surface area contributed by atoms with Crippen LogP contribution in [0.2, 0.25) is 0 Å². The van der Waals surface area contributed by atoms with Gasteiger partial charge in [-0.05, 0) is 59.3 Å². The topological polar surface area (TPSA) is 46.5 Å². The SMILES string of the molecule is COc1ccc(C#Cc2ccc3cc(C(=O)O)ccc3c2)cc1. The minimum absolute atomic E-state index is 0.287. The number of methoxy groups -OCH3 is 1. The quantitative estimate of drug-likeness (QED) is 0.729. The summed E-state index contributed by atoms with van der Waals surface area (Å²) in [6.45, 7) is 0.